The lowest BCUT2D eigenvalue weighted by Crippen LogP contribution is -2.45. The number of ether oxygens (including phenoxy) is 1. The van der Waals surface area contributed by atoms with E-state index in [0.717, 1.165) is 10.5 Å². The first-order valence-electron chi connectivity index (χ1n) is 7.45. The van der Waals surface area contributed by atoms with Crippen LogP contribution >= 0.6 is 11.8 Å². The highest BCUT2D eigenvalue weighted by Crippen LogP contribution is 2.17. The van der Waals surface area contributed by atoms with Gasteiger partial charge in [0.1, 0.15) is 6.04 Å². The molecule has 0 fully saturated rings. The maximum atomic E-state index is 12.2. The van der Waals surface area contributed by atoms with Crippen LogP contribution in [0.25, 0.3) is 0 Å². The Kier molecular flexibility index (Phi) is 6.69. The molecule has 24 heavy (non-hydrogen) atoms. The second kappa shape index (κ2) is 8.98. The molecule has 2 aromatic rings. The van der Waals surface area contributed by atoms with Crippen LogP contribution in [0, 0.1) is 0 Å². The zero-order chi connectivity index (χ0) is 17.4. The summed E-state index contributed by atoms with van der Waals surface area (Å²) in [6.07, 6.45) is 2.35. The normalized spacial score (nSPS) is 11.4. The molecule has 6 heteroatoms. The molecule has 0 aliphatic rings. The zero-order valence-corrected chi connectivity index (χ0v) is 14.4. The average molecular weight is 348 g/mol. The fourth-order valence-electron chi connectivity index (χ4n) is 2.19. The SMILES string of the molecule is COC(=O)[C@@H](Cc1ccccc1)NC(=O)Nc1ccc(SC)cc1.[HH].[HH]. The third kappa shape index (κ3) is 5.31. The van der Waals surface area contributed by atoms with E-state index >= 15 is 0 Å². The number of amides is 2. The van der Waals surface area contributed by atoms with Gasteiger partial charge in [0, 0.05) is 19.9 Å². The average Bonchev–Trinajstić information content (AvgIpc) is 2.62. The molecule has 2 amide bonds. The Morgan fingerprint density at radius 1 is 1.12 bits per heavy atom. The minimum absolute atomic E-state index is 0. The summed E-state index contributed by atoms with van der Waals surface area (Å²) in [5.74, 6) is -0.480. The van der Waals surface area contributed by atoms with Gasteiger partial charge in [0.05, 0.1) is 7.11 Å². The van der Waals surface area contributed by atoms with Crippen LogP contribution in [0.3, 0.4) is 0 Å². The number of anilines is 1. The van der Waals surface area contributed by atoms with Crippen molar-refractivity contribution < 1.29 is 17.2 Å². The van der Waals surface area contributed by atoms with E-state index in [2.05, 4.69) is 10.6 Å². The van der Waals surface area contributed by atoms with E-state index in [9.17, 15) is 9.59 Å². The summed E-state index contributed by atoms with van der Waals surface area (Å²) in [7, 11) is 1.31. The number of hydrogen-bond acceptors (Lipinski definition) is 4. The van der Waals surface area contributed by atoms with Gasteiger partial charge in [-0.3, -0.25) is 0 Å². The molecular formula is C18H24N2O3S. The minimum atomic E-state index is -0.747. The molecule has 0 aliphatic carbocycles. The van der Waals surface area contributed by atoms with Crippen molar-refractivity contribution in [3.8, 4) is 0 Å². The second-order valence-corrected chi connectivity index (χ2v) is 5.97. The first-order valence-corrected chi connectivity index (χ1v) is 8.68. The van der Waals surface area contributed by atoms with Crippen molar-refractivity contribution in [2.75, 3.05) is 18.7 Å². The summed E-state index contributed by atoms with van der Waals surface area (Å²) in [4.78, 5) is 25.2. The van der Waals surface area contributed by atoms with E-state index in [-0.39, 0.29) is 2.85 Å². The zero-order valence-electron chi connectivity index (χ0n) is 13.6. The van der Waals surface area contributed by atoms with Crippen LogP contribution in [0.2, 0.25) is 0 Å². The molecule has 0 spiro atoms. The van der Waals surface area contributed by atoms with Gasteiger partial charge < -0.3 is 15.4 Å². The number of urea groups is 1. The minimum Gasteiger partial charge on any atom is -0.467 e. The fraction of sp³-hybridized carbons (Fsp3) is 0.222. The van der Waals surface area contributed by atoms with Gasteiger partial charge in [-0.25, -0.2) is 9.59 Å². The Morgan fingerprint density at radius 3 is 2.38 bits per heavy atom. The van der Waals surface area contributed by atoms with Crippen LogP contribution in [0.1, 0.15) is 8.42 Å². The van der Waals surface area contributed by atoms with E-state index in [1.165, 1.54) is 7.11 Å². The van der Waals surface area contributed by atoms with Crippen molar-refractivity contribution in [3.05, 3.63) is 60.2 Å². The van der Waals surface area contributed by atoms with Crippen LogP contribution < -0.4 is 10.6 Å². The Bertz CT molecular complexity index is 685. The summed E-state index contributed by atoms with van der Waals surface area (Å²) < 4.78 is 4.78. The lowest BCUT2D eigenvalue weighted by molar-refractivity contribution is -0.142. The first kappa shape index (κ1) is 17.9. The van der Waals surface area contributed by atoms with Crippen LogP contribution in [-0.2, 0) is 16.0 Å². The van der Waals surface area contributed by atoms with Gasteiger partial charge in [0.15, 0.2) is 0 Å². The third-order valence-corrected chi connectivity index (χ3v) is 4.17. The number of hydrogen-bond donors (Lipinski definition) is 2. The standard InChI is InChI=1S/C18H20N2O3S.2H2/c1-23-17(21)16(12-13-6-4-3-5-7-13)20-18(22)19-14-8-10-15(24-2)11-9-14;;/h3-11,16H,12H2,1-2H3,(H2,19,20,22);2*1H/t16-;;/m1../s1. The summed E-state index contributed by atoms with van der Waals surface area (Å²) >= 11 is 1.63. The second-order valence-electron chi connectivity index (χ2n) is 5.09. The molecule has 0 saturated carbocycles. The smallest absolute Gasteiger partial charge is 0.328 e. The molecule has 0 heterocycles. The van der Waals surface area contributed by atoms with Crippen molar-refractivity contribution in [1.82, 2.24) is 5.32 Å². The van der Waals surface area contributed by atoms with Crippen molar-refractivity contribution >= 4 is 29.4 Å². The quantitative estimate of drug-likeness (QED) is 0.615. The van der Waals surface area contributed by atoms with Crippen molar-refractivity contribution in [1.29, 1.82) is 0 Å². The largest absolute Gasteiger partial charge is 0.467 e. The topological polar surface area (TPSA) is 67.4 Å². The third-order valence-electron chi connectivity index (χ3n) is 3.42. The summed E-state index contributed by atoms with van der Waals surface area (Å²) in [5, 5.41) is 5.38. The fourth-order valence-corrected chi connectivity index (χ4v) is 2.59. The Morgan fingerprint density at radius 2 is 1.79 bits per heavy atom. The molecule has 130 valence electrons. The van der Waals surface area contributed by atoms with Crippen molar-refractivity contribution in [3.63, 3.8) is 0 Å². The van der Waals surface area contributed by atoms with Gasteiger partial charge >= 0.3 is 12.0 Å². The predicted octanol–water partition coefficient (Wildman–Crippen LogP) is 3.81. The Balaban J connectivity index is 0.00000312. The van der Waals surface area contributed by atoms with E-state index in [4.69, 9.17) is 4.74 Å². The van der Waals surface area contributed by atoms with Gasteiger partial charge in [0.25, 0.3) is 0 Å². The van der Waals surface area contributed by atoms with Crippen LogP contribution in [-0.4, -0.2) is 31.4 Å². The molecular weight excluding hydrogens is 324 g/mol. The van der Waals surface area contributed by atoms with Crippen molar-refractivity contribution in [2.45, 2.75) is 17.4 Å². The lowest BCUT2D eigenvalue weighted by Gasteiger charge is -2.17. The van der Waals surface area contributed by atoms with E-state index < -0.39 is 18.0 Å². The number of thioether (sulfide) groups is 1. The number of carbonyl (C=O) groups excluding carboxylic acids is 2. The summed E-state index contributed by atoms with van der Waals surface area (Å²) in [5.41, 5.74) is 1.60. The van der Waals surface area contributed by atoms with Gasteiger partial charge in [-0.2, -0.15) is 0 Å². The predicted molar refractivity (Wildman–Crippen MR) is 101 cm³/mol. The molecule has 5 nitrogen and oxygen atoms in total. The first-order chi connectivity index (χ1) is 11.6. The highest BCUT2D eigenvalue weighted by molar-refractivity contribution is 7.98. The van der Waals surface area contributed by atoms with E-state index in [1.807, 2.05) is 60.9 Å². The molecule has 2 aromatic carbocycles. The number of carbonyl (C=O) groups is 2. The highest BCUT2D eigenvalue weighted by Gasteiger charge is 2.21. The maximum absolute atomic E-state index is 12.2. The summed E-state index contributed by atoms with van der Waals surface area (Å²) in [6, 6.07) is 15.7. The molecule has 0 bridgehead atoms. The van der Waals surface area contributed by atoms with E-state index in [0.29, 0.717) is 12.1 Å². The van der Waals surface area contributed by atoms with Crippen molar-refractivity contribution in [2.24, 2.45) is 0 Å². The molecule has 2 N–H and O–H groups in total. The van der Waals surface area contributed by atoms with E-state index in [1.54, 1.807) is 11.8 Å². The monoisotopic (exact) mass is 348 g/mol. The molecule has 1 atom stereocenters. The van der Waals surface area contributed by atoms with Crippen LogP contribution in [0.5, 0.6) is 0 Å². The number of methoxy groups -OCH3 is 1. The van der Waals surface area contributed by atoms with Gasteiger partial charge in [-0.1, -0.05) is 30.3 Å². The summed E-state index contributed by atoms with van der Waals surface area (Å²) in [6.45, 7) is 0. The van der Waals surface area contributed by atoms with Gasteiger partial charge in [-0.15, -0.1) is 11.8 Å². The van der Waals surface area contributed by atoms with Crippen LogP contribution in [0.15, 0.2) is 59.5 Å². The highest BCUT2D eigenvalue weighted by atomic mass is 32.2. The molecule has 0 aromatic heterocycles. The molecule has 2 rings (SSSR count). The molecule has 0 aliphatic heterocycles. The Hall–Kier alpha value is -2.47. The molecule has 0 radical (unpaired) electrons. The number of esters is 1. The molecule has 0 unspecified atom stereocenters. The number of nitrogens with one attached hydrogen (secondary N) is 2. The lowest BCUT2D eigenvalue weighted by atomic mass is 10.1. The molecule has 0 saturated heterocycles. The number of benzene rings is 2. The maximum Gasteiger partial charge on any atom is 0.328 e. The van der Waals surface area contributed by atoms with Gasteiger partial charge in [-0.05, 0) is 36.1 Å². The Labute approximate surface area is 148 Å². The van der Waals surface area contributed by atoms with Gasteiger partial charge in [0.2, 0.25) is 0 Å². The number of rotatable bonds is 6. The van der Waals surface area contributed by atoms with Crippen LogP contribution in [0.4, 0.5) is 10.5 Å².